The third-order valence-electron chi connectivity index (χ3n) is 3.82. The number of amides is 1. The zero-order valence-corrected chi connectivity index (χ0v) is 16.3. The first-order valence-electron chi connectivity index (χ1n) is 8.24. The second-order valence-corrected chi connectivity index (χ2v) is 6.67. The van der Waals surface area contributed by atoms with Gasteiger partial charge in [-0.05, 0) is 52.0 Å². The van der Waals surface area contributed by atoms with E-state index in [0.29, 0.717) is 22.0 Å². The highest BCUT2D eigenvalue weighted by atomic mass is 35.5. The second kappa shape index (κ2) is 8.27. The van der Waals surface area contributed by atoms with Gasteiger partial charge in [-0.1, -0.05) is 11.6 Å². The minimum Gasteiger partial charge on any atom is -0.495 e. The maximum Gasteiger partial charge on any atom is 0.340 e. The van der Waals surface area contributed by atoms with Crippen LogP contribution in [0, 0.1) is 13.8 Å². The summed E-state index contributed by atoms with van der Waals surface area (Å²) >= 11 is 6.12. The standard InChI is InChI=1S/C19H23ClN2O4/c1-11(2)21-18(23)10-26-19(24)15-8-12(3)22(13(15)4)16-9-14(20)6-7-17(16)25-5/h6-9,11H,10H2,1-5H3,(H,21,23). The number of ether oxygens (including phenoxy) is 2. The smallest absolute Gasteiger partial charge is 0.340 e. The molecule has 7 heteroatoms. The van der Waals surface area contributed by atoms with Gasteiger partial charge in [0.1, 0.15) is 5.75 Å². The molecule has 1 aromatic carbocycles. The highest BCUT2D eigenvalue weighted by Gasteiger charge is 2.20. The largest absolute Gasteiger partial charge is 0.495 e. The minimum absolute atomic E-state index is 0.0124. The number of benzene rings is 1. The van der Waals surface area contributed by atoms with Gasteiger partial charge < -0.3 is 19.4 Å². The van der Waals surface area contributed by atoms with E-state index in [0.717, 1.165) is 11.4 Å². The Kier molecular flexibility index (Phi) is 6.32. The molecule has 1 amide bonds. The Hall–Kier alpha value is -2.47. The molecule has 140 valence electrons. The summed E-state index contributed by atoms with van der Waals surface area (Å²) in [6.45, 7) is 7.03. The molecule has 0 aliphatic carbocycles. The Balaban J connectivity index is 2.29. The average Bonchev–Trinajstić information content (AvgIpc) is 2.86. The number of nitrogens with one attached hydrogen (secondary N) is 1. The van der Waals surface area contributed by atoms with Crippen LogP contribution >= 0.6 is 11.6 Å². The molecule has 0 aliphatic heterocycles. The lowest BCUT2D eigenvalue weighted by Gasteiger charge is -2.14. The zero-order chi connectivity index (χ0) is 19.4. The highest BCUT2D eigenvalue weighted by Crippen LogP contribution is 2.30. The molecule has 0 unspecified atom stereocenters. The quantitative estimate of drug-likeness (QED) is 0.782. The van der Waals surface area contributed by atoms with E-state index in [1.54, 1.807) is 38.3 Å². The molecular weight excluding hydrogens is 356 g/mol. The van der Waals surface area contributed by atoms with Gasteiger partial charge in [-0.15, -0.1) is 0 Å². The van der Waals surface area contributed by atoms with Crippen molar-refractivity contribution >= 4 is 23.5 Å². The van der Waals surface area contributed by atoms with Crippen molar-refractivity contribution < 1.29 is 19.1 Å². The summed E-state index contributed by atoms with van der Waals surface area (Å²) in [4.78, 5) is 24.1. The molecule has 1 heterocycles. The number of halogens is 1. The van der Waals surface area contributed by atoms with E-state index in [9.17, 15) is 9.59 Å². The SMILES string of the molecule is COc1ccc(Cl)cc1-n1c(C)cc(C(=O)OCC(=O)NC(C)C)c1C. The van der Waals surface area contributed by atoms with Crippen molar-refractivity contribution in [3.8, 4) is 11.4 Å². The van der Waals surface area contributed by atoms with Crippen LogP contribution in [0.15, 0.2) is 24.3 Å². The molecular formula is C19H23ClN2O4. The maximum atomic E-state index is 12.4. The van der Waals surface area contributed by atoms with E-state index < -0.39 is 5.97 Å². The fourth-order valence-corrected chi connectivity index (χ4v) is 2.92. The number of aromatic nitrogens is 1. The summed E-state index contributed by atoms with van der Waals surface area (Å²) in [6.07, 6.45) is 0. The molecule has 0 saturated carbocycles. The monoisotopic (exact) mass is 378 g/mol. The van der Waals surface area contributed by atoms with Crippen molar-refractivity contribution in [3.05, 3.63) is 46.2 Å². The lowest BCUT2D eigenvalue weighted by molar-refractivity contribution is -0.124. The first-order valence-corrected chi connectivity index (χ1v) is 8.61. The van der Waals surface area contributed by atoms with Crippen LogP contribution in [0.25, 0.3) is 5.69 Å². The van der Waals surface area contributed by atoms with E-state index >= 15 is 0 Å². The van der Waals surface area contributed by atoms with Gasteiger partial charge in [0, 0.05) is 22.5 Å². The number of hydrogen-bond acceptors (Lipinski definition) is 4. The van der Waals surface area contributed by atoms with Crippen LogP contribution in [-0.2, 0) is 9.53 Å². The van der Waals surface area contributed by atoms with Gasteiger partial charge in [-0.2, -0.15) is 0 Å². The van der Waals surface area contributed by atoms with E-state index in [1.165, 1.54) is 0 Å². The average molecular weight is 379 g/mol. The Morgan fingerprint density at radius 2 is 1.92 bits per heavy atom. The van der Waals surface area contributed by atoms with E-state index in [-0.39, 0.29) is 18.6 Å². The Morgan fingerprint density at radius 3 is 2.54 bits per heavy atom. The van der Waals surface area contributed by atoms with Crippen molar-refractivity contribution in [1.29, 1.82) is 0 Å². The second-order valence-electron chi connectivity index (χ2n) is 6.23. The van der Waals surface area contributed by atoms with Crippen molar-refractivity contribution in [2.75, 3.05) is 13.7 Å². The van der Waals surface area contributed by atoms with Gasteiger partial charge in [-0.25, -0.2) is 4.79 Å². The molecule has 2 rings (SSSR count). The van der Waals surface area contributed by atoms with Gasteiger partial charge in [0.15, 0.2) is 6.61 Å². The first-order chi connectivity index (χ1) is 12.2. The van der Waals surface area contributed by atoms with Crippen LogP contribution in [0.5, 0.6) is 5.75 Å². The van der Waals surface area contributed by atoms with Crippen LogP contribution < -0.4 is 10.1 Å². The molecule has 0 radical (unpaired) electrons. The van der Waals surface area contributed by atoms with Gasteiger partial charge in [0.25, 0.3) is 5.91 Å². The summed E-state index contributed by atoms with van der Waals surface area (Å²) in [5.41, 5.74) is 2.62. The number of rotatable bonds is 6. The van der Waals surface area contributed by atoms with E-state index in [2.05, 4.69) is 5.32 Å². The molecule has 0 saturated heterocycles. The number of esters is 1. The number of aryl methyl sites for hydroxylation is 1. The Labute approximate surface area is 158 Å². The molecule has 0 bridgehead atoms. The van der Waals surface area contributed by atoms with Crippen LogP contribution in [-0.4, -0.2) is 36.2 Å². The van der Waals surface area contributed by atoms with E-state index in [1.807, 2.05) is 25.3 Å². The van der Waals surface area contributed by atoms with Crippen LogP contribution in [0.2, 0.25) is 5.02 Å². The van der Waals surface area contributed by atoms with Crippen LogP contribution in [0.1, 0.15) is 35.6 Å². The molecule has 0 spiro atoms. The highest BCUT2D eigenvalue weighted by molar-refractivity contribution is 6.30. The van der Waals surface area contributed by atoms with Gasteiger partial charge in [0.05, 0.1) is 18.4 Å². The predicted octanol–water partition coefficient (Wildman–Crippen LogP) is 3.44. The van der Waals surface area contributed by atoms with Gasteiger partial charge >= 0.3 is 5.97 Å². The third-order valence-corrected chi connectivity index (χ3v) is 4.05. The molecule has 1 aromatic heterocycles. The number of carbonyl (C=O) groups excluding carboxylic acids is 2. The Bertz CT molecular complexity index is 827. The van der Waals surface area contributed by atoms with Crippen molar-refractivity contribution in [1.82, 2.24) is 9.88 Å². The zero-order valence-electron chi connectivity index (χ0n) is 15.6. The normalized spacial score (nSPS) is 10.7. The molecule has 0 aliphatic rings. The predicted molar refractivity (Wildman–Crippen MR) is 100 cm³/mol. The Morgan fingerprint density at radius 1 is 1.23 bits per heavy atom. The maximum absolute atomic E-state index is 12.4. The van der Waals surface area contributed by atoms with Crippen molar-refractivity contribution in [2.24, 2.45) is 0 Å². The van der Waals surface area contributed by atoms with E-state index in [4.69, 9.17) is 21.1 Å². The summed E-state index contributed by atoms with van der Waals surface area (Å²) < 4.78 is 12.4. The summed E-state index contributed by atoms with van der Waals surface area (Å²) in [7, 11) is 1.57. The lowest BCUT2D eigenvalue weighted by Crippen LogP contribution is -2.34. The first kappa shape index (κ1) is 19.8. The topological polar surface area (TPSA) is 69.6 Å². The summed E-state index contributed by atoms with van der Waals surface area (Å²) in [5, 5.41) is 3.23. The fourth-order valence-electron chi connectivity index (χ4n) is 2.75. The van der Waals surface area contributed by atoms with Gasteiger partial charge in [-0.3, -0.25) is 4.79 Å². The molecule has 2 aromatic rings. The molecule has 0 atom stereocenters. The number of carbonyl (C=O) groups is 2. The summed E-state index contributed by atoms with van der Waals surface area (Å²) in [5.74, 6) is -0.254. The van der Waals surface area contributed by atoms with Crippen molar-refractivity contribution in [2.45, 2.75) is 33.7 Å². The minimum atomic E-state index is -0.552. The molecule has 0 fully saturated rings. The van der Waals surface area contributed by atoms with Crippen LogP contribution in [0.3, 0.4) is 0 Å². The van der Waals surface area contributed by atoms with Crippen molar-refractivity contribution in [3.63, 3.8) is 0 Å². The van der Waals surface area contributed by atoms with Gasteiger partial charge in [0.2, 0.25) is 0 Å². The fraction of sp³-hybridized carbons (Fsp3) is 0.368. The molecule has 6 nitrogen and oxygen atoms in total. The number of nitrogens with zero attached hydrogens (tertiary/aromatic N) is 1. The third kappa shape index (κ3) is 4.38. The molecule has 1 N–H and O–H groups in total. The number of methoxy groups -OCH3 is 1. The summed E-state index contributed by atoms with van der Waals surface area (Å²) in [6, 6.07) is 6.98. The number of hydrogen-bond donors (Lipinski definition) is 1. The van der Waals surface area contributed by atoms with Crippen LogP contribution in [0.4, 0.5) is 0 Å². The molecule has 26 heavy (non-hydrogen) atoms. The lowest BCUT2D eigenvalue weighted by atomic mass is 10.2.